The molecule has 23 heavy (non-hydrogen) atoms. The molecule has 0 amide bonds. The number of halogens is 3. The van der Waals surface area contributed by atoms with Gasteiger partial charge in [-0.05, 0) is 54.2 Å². The number of hydrogen-bond acceptors (Lipinski definition) is 1. The molecule has 0 saturated carbocycles. The molecule has 2 aromatic rings. The van der Waals surface area contributed by atoms with E-state index in [0.29, 0.717) is 21.9 Å². The van der Waals surface area contributed by atoms with Gasteiger partial charge in [-0.1, -0.05) is 59.1 Å². The zero-order valence-corrected chi connectivity index (χ0v) is 14.9. The van der Waals surface area contributed by atoms with E-state index < -0.39 is 0 Å². The van der Waals surface area contributed by atoms with Crippen molar-refractivity contribution in [3.8, 4) is 0 Å². The molecule has 118 valence electrons. The number of nitrogens with one attached hydrogen (secondary N) is 1. The third kappa shape index (κ3) is 2.46. The molecule has 0 aromatic heterocycles. The molecule has 1 nitrogen and oxygen atoms in total. The van der Waals surface area contributed by atoms with Gasteiger partial charge in [0.2, 0.25) is 0 Å². The van der Waals surface area contributed by atoms with Crippen molar-refractivity contribution in [3.05, 3.63) is 74.2 Å². The van der Waals surface area contributed by atoms with Gasteiger partial charge in [0.05, 0.1) is 16.1 Å². The van der Waals surface area contributed by atoms with E-state index in [1.807, 2.05) is 18.2 Å². The summed E-state index contributed by atoms with van der Waals surface area (Å²) in [5.41, 5.74) is 4.76. The Balaban J connectivity index is 1.83. The van der Waals surface area contributed by atoms with Crippen LogP contribution in [0.2, 0.25) is 15.1 Å². The summed E-state index contributed by atoms with van der Waals surface area (Å²) < 4.78 is 0. The van der Waals surface area contributed by atoms with Crippen LogP contribution in [-0.4, -0.2) is 0 Å². The minimum Gasteiger partial charge on any atom is -0.377 e. The highest BCUT2D eigenvalue weighted by atomic mass is 35.5. The third-order valence-corrected chi connectivity index (χ3v) is 6.18. The molecule has 1 heterocycles. The second-order valence-corrected chi connectivity index (χ2v) is 7.51. The summed E-state index contributed by atoms with van der Waals surface area (Å²) in [5.74, 6) is 0.905. The molecule has 0 saturated heterocycles. The highest BCUT2D eigenvalue weighted by Gasteiger charge is 2.38. The van der Waals surface area contributed by atoms with E-state index in [4.69, 9.17) is 34.8 Å². The molecule has 1 N–H and O–H groups in total. The molecular formula is C19H16Cl3N. The fourth-order valence-electron chi connectivity index (χ4n) is 3.82. The number of rotatable bonds is 1. The monoisotopic (exact) mass is 363 g/mol. The summed E-state index contributed by atoms with van der Waals surface area (Å²) >= 11 is 18.6. The molecular weight excluding hydrogens is 349 g/mol. The van der Waals surface area contributed by atoms with E-state index in [9.17, 15) is 0 Å². The quantitative estimate of drug-likeness (QED) is 0.550. The van der Waals surface area contributed by atoms with Crippen molar-refractivity contribution in [2.45, 2.75) is 25.3 Å². The fourth-order valence-corrected chi connectivity index (χ4v) is 4.29. The van der Waals surface area contributed by atoms with Crippen molar-refractivity contribution in [2.24, 2.45) is 5.92 Å². The minimum absolute atomic E-state index is 0.203. The van der Waals surface area contributed by atoms with Gasteiger partial charge in [-0.3, -0.25) is 0 Å². The number of allylic oxidation sites excluding steroid dienone is 2. The average molecular weight is 365 g/mol. The van der Waals surface area contributed by atoms with Crippen LogP contribution in [-0.2, 0) is 0 Å². The van der Waals surface area contributed by atoms with Gasteiger partial charge in [-0.25, -0.2) is 0 Å². The van der Waals surface area contributed by atoms with Crippen molar-refractivity contribution in [2.75, 3.05) is 5.32 Å². The zero-order valence-electron chi connectivity index (χ0n) is 12.6. The van der Waals surface area contributed by atoms with E-state index in [1.165, 1.54) is 11.1 Å². The zero-order chi connectivity index (χ0) is 16.1. The lowest BCUT2D eigenvalue weighted by Gasteiger charge is -2.38. The van der Waals surface area contributed by atoms with Crippen molar-refractivity contribution in [1.82, 2.24) is 0 Å². The Labute approximate surface area is 151 Å². The van der Waals surface area contributed by atoms with Gasteiger partial charge in [0, 0.05) is 16.6 Å². The molecule has 2 aliphatic rings. The van der Waals surface area contributed by atoms with E-state index in [0.717, 1.165) is 22.7 Å². The standard InChI is InChI=1S/C19H16Cl3N/c1-10-15(20)8-6-14-12-3-2-4-13(12)19(23-18(10)14)11-5-7-16(21)17(22)9-11/h2-3,5-9,12-13,19,23H,4H2,1H3/t12-,13-,19+/m0/s1. The first-order valence-electron chi connectivity index (χ1n) is 7.73. The molecule has 2 aromatic carbocycles. The Bertz CT molecular complexity index is 813. The number of hydrogen-bond donors (Lipinski definition) is 1. The summed E-state index contributed by atoms with van der Waals surface area (Å²) in [4.78, 5) is 0. The Kier molecular flexibility index (Phi) is 3.84. The summed E-state index contributed by atoms with van der Waals surface area (Å²) in [6, 6.07) is 10.3. The van der Waals surface area contributed by atoms with Crippen LogP contribution in [0, 0.1) is 12.8 Å². The molecule has 3 atom stereocenters. The van der Waals surface area contributed by atoms with Crippen molar-refractivity contribution in [3.63, 3.8) is 0 Å². The van der Waals surface area contributed by atoms with Gasteiger partial charge >= 0.3 is 0 Å². The number of anilines is 1. The Morgan fingerprint density at radius 2 is 1.78 bits per heavy atom. The van der Waals surface area contributed by atoms with Gasteiger partial charge in [0.1, 0.15) is 0 Å². The first-order valence-corrected chi connectivity index (χ1v) is 8.87. The van der Waals surface area contributed by atoms with Gasteiger partial charge in [-0.2, -0.15) is 0 Å². The number of benzene rings is 2. The molecule has 4 rings (SSSR count). The van der Waals surface area contributed by atoms with Gasteiger partial charge in [-0.15, -0.1) is 0 Å². The maximum Gasteiger partial charge on any atom is 0.0595 e. The number of fused-ring (bicyclic) bond motifs is 3. The first-order chi connectivity index (χ1) is 11.1. The van der Waals surface area contributed by atoms with Gasteiger partial charge in [0.15, 0.2) is 0 Å². The van der Waals surface area contributed by atoms with E-state index in [-0.39, 0.29) is 6.04 Å². The predicted molar refractivity (Wildman–Crippen MR) is 99.0 cm³/mol. The Morgan fingerprint density at radius 1 is 1.00 bits per heavy atom. The van der Waals surface area contributed by atoms with Crippen LogP contribution in [0.5, 0.6) is 0 Å². The van der Waals surface area contributed by atoms with E-state index in [2.05, 4.69) is 36.5 Å². The Hall–Kier alpha value is -1.15. The lowest BCUT2D eigenvalue weighted by atomic mass is 9.76. The smallest absolute Gasteiger partial charge is 0.0595 e. The van der Waals surface area contributed by atoms with E-state index >= 15 is 0 Å². The second-order valence-electron chi connectivity index (χ2n) is 6.29. The van der Waals surface area contributed by atoms with Crippen LogP contribution in [0.25, 0.3) is 0 Å². The first kappa shape index (κ1) is 15.4. The average Bonchev–Trinajstić information content (AvgIpc) is 3.02. The van der Waals surface area contributed by atoms with Crippen molar-refractivity contribution in [1.29, 1.82) is 0 Å². The molecule has 0 fully saturated rings. The largest absolute Gasteiger partial charge is 0.377 e. The Morgan fingerprint density at radius 3 is 2.57 bits per heavy atom. The van der Waals surface area contributed by atoms with Crippen LogP contribution in [0.3, 0.4) is 0 Å². The highest BCUT2D eigenvalue weighted by molar-refractivity contribution is 6.42. The van der Waals surface area contributed by atoms with Crippen LogP contribution in [0.15, 0.2) is 42.5 Å². The normalized spacial score (nSPS) is 25.0. The van der Waals surface area contributed by atoms with Gasteiger partial charge in [0.25, 0.3) is 0 Å². The molecule has 0 unspecified atom stereocenters. The molecule has 1 aliphatic heterocycles. The van der Waals surface area contributed by atoms with Crippen LogP contribution >= 0.6 is 34.8 Å². The van der Waals surface area contributed by atoms with Crippen LogP contribution in [0.4, 0.5) is 5.69 Å². The lowest BCUT2D eigenvalue weighted by molar-refractivity contribution is 0.425. The lowest BCUT2D eigenvalue weighted by Crippen LogP contribution is -2.29. The minimum atomic E-state index is 0.203. The SMILES string of the molecule is Cc1c(Cl)ccc2c1N[C@H](c1ccc(Cl)c(Cl)c1)[C@H]1CC=C[C@H]21. The summed E-state index contributed by atoms with van der Waals surface area (Å²) in [6.07, 6.45) is 5.66. The predicted octanol–water partition coefficient (Wildman–Crippen LogP) is 6.78. The third-order valence-electron chi connectivity index (χ3n) is 5.03. The maximum atomic E-state index is 6.33. The second kappa shape index (κ2) is 5.73. The topological polar surface area (TPSA) is 12.0 Å². The van der Waals surface area contributed by atoms with Crippen molar-refractivity contribution < 1.29 is 0 Å². The molecule has 0 radical (unpaired) electrons. The summed E-state index contributed by atoms with van der Waals surface area (Å²) in [7, 11) is 0. The highest BCUT2D eigenvalue weighted by Crippen LogP contribution is 2.51. The molecule has 4 heteroatoms. The van der Waals surface area contributed by atoms with Crippen LogP contribution < -0.4 is 5.32 Å². The van der Waals surface area contributed by atoms with Crippen molar-refractivity contribution >= 4 is 40.5 Å². The van der Waals surface area contributed by atoms with Crippen LogP contribution in [0.1, 0.15) is 35.1 Å². The van der Waals surface area contributed by atoms with Gasteiger partial charge < -0.3 is 5.32 Å². The summed E-state index contributed by atoms with van der Waals surface area (Å²) in [5, 5.41) is 5.70. The molecule has 0 bridgehead atoms. The summed E-state index contributed by atoms with van der Waals surface area (Å²) in [6.45, 7) is 2.07. The molecule has 0 spiro atoms. The fraction of sp³-hybridized carbons (Fsp3) is 0.263. The maximum absolute atomic E-state index is 6.33. The van der Waals surface area contributed by atoms with E-state index in [1.54, 1.807) is 0 Å². The molecule has 1 aliphatic carbocycles.